The number of hydrogen-bond donors (Lipinski definition) is 0. The summed E-state index contributed by atoms with van der Waals surface area (Å²) in [5.41, 5.74) is 6.67. The number of hydrogen-bond acceptors (Lipinski definition) is 0. The molecular weight excluding hydrogens is 204 g/mol. The number of rotatable bonds is 2. The molecule has 0 bridgehead atoms. The lowest BCUT2D eigenvalue weighted by Gasteiger charge is -2.07. The highest BCUT2D eigenvalue weighted by molar-refractivity contribution is 5.71. The van der Waals surface area contributed by atoms with Gasteiger partial charge in [0, 0.05) is 0 Å². The molecule has 0 fully saturated rings. The van der Waals surface area contributed by atoms with E-state index in [1.165, 1.54) is 27.8 Å². The SMILES string of the molecule is Cc1ccc(C=Cc2ccccc2)c(C)c1C. The van der Waals surface area contributed by atoms with E-state index < -0.39 is 0 Å². The maximum absolute atomic E-state index is 2.19. The molecule has 0 atom stereocenters. The zero-order valence-corrected chi connectivity index (χ0v) is 10.7. The zero-order chi connectivity index (χ0) is 12.3. The molecule has 2 aromatic carbocycles. The van der Waals surface area contributed by atoms with E-state index in [9.17, 15) is 0 Å². The van der Waals surface area contributed by atoms with Crippen LogP contribution in [0.15, 0.2) is 42.5 Å². The molecule has 0 unspecified atom stereocenters. The maximum Gasteiger partial charge on any atom is -0.0224 e. The highest BCUT2D eigenvalue weighted by Crippen LogP contribution is 2.19. The first-order valence-electron chi connectivity index (χ1n) is 5.98. The first-order chi connectivity index (χ1) is 8.18. The summed E-state index contributed by atoms with van der Waals surface area (Å²) in [6.45, 7) is 6.53. The Balaban J connectivity index is 2.31. The molecule has 17 heavy (non-hydrogen) atoms. The first kappa shape index (κ1) is 11.7. The summed E-state index contributed by atoms with van der Waals surface area (Å²) >= 11 is 0. The monoisotopic (exact) mass is 222 g/mol. The average molecular weight is 222 g/mol. The van der Waals surface area contributed by atoms with Gasteiger partial charge in [-0.1, -0.05) is 54.6 Å². The van der Waals surface area contributed by atoms with Crippen LogP contribution in [0.25, 0.3) is 12.2 Å². The maximum atomic E-state index is 2.19. The van der Waals surface area contributed by atoms with Gasteiger partial charge in [-0.25, -0.2) is 0 Å². The smallest absolute Gasteiger partial charge is 0.0224 e. The van der Waals surface area contributed by atoms with Crippen molar-refractivity contribution in [3.8, 4) is 0 Å². The molecule has 0 saturated heterocycles. The van der Waals surface area contributed by atoms with Gasteiger partial charge in [-0.3, -0.25) is 0 Å². The van der Waals surface area contributed by atoms with Crippen LogP contribution in [0.5, 0.6) is 0 Å². The molecule has 86 valence electrons. The minimum atomic E-state index is 1.24. The second-order valence-electron chi connectivity index (χ2n) is 4.47. The van der Waals surface area contributed by atoms with E-state index in [2.05, 4.69) is 69.3 Å². The van der Waals surface area contributed by atoms with Crippen LogP contribution in [-0.2, 0) is 0 Å². The Bertz CT molecular complexity index is 533. The lowest BCUT2D eigenvalue weighted by molar-refractivity contribution is 1.26. The van der Waals surface area contributed by atoms with E-state index in [4.69, 9.17) is 0 Å². The summed E-state index contributed by atoms with van der Waals surface area (Å²) in [6.07, 6.45) is 4.36. The van der Waals surface area contributed by atoms with Gasteiger partial charge in [-0.15, -0.1) is 0 Å². The third kappa shape index (κ3) is 2.65. The van der Waals surface area contributed by atoms with Crippen LogP contribution >= 0.6 is 0 Å². The zero-order valence-electron chi connectivity index (χ0n) is 10.7. The van der Waals surface area contributed by atoms with Crippen molar-refractivity contribution in [1.29, 1.82) is 0 Å². The molecule has 0 amide bonds. The minimum Gasteiger partial charge on any atom is -0.0622 e. The van der Waals surface area contributed by atoms with E-state index >= 15 is 0 Å². The van der Waals surface area contributed by atoms with Crippen LogP contribution < -0.4 is 0 Å². The lowest BCUT2D eigenvalue weighted by Crippen LogP contribution is -1.89. The normalized spacial score (nSPS) is 11.0. The van der Waals surface area contributed by atoms with Crippen LogP contribution in [-0.4, -0.2) is 0 Å². The molecule has 0 aliphatic rings. The topological polar surface area (TPSA) is 0 Å². The fourth-order valence-corrected chi connectivity index (χ4v) is 1.91. The Kier molecular flexibility index (Phi) is 3.43. The Labute approximate surface area is 104 Å². The molecule has 0 spiro atoms. The quantitative estimate of drug-likeness (QED) is 0.641. The molecular formula is C17H18. The van der Waals surface area contributed by atoms with Crippen LogP contribution in [0.2, 0.25) is 0 Å². The molecule has 0 N–H and O–H groups in total. The molecule has 0 saturated carbocycles. The van der Waals surface area contributed by atoms with Gasteiger partial charge in [-0.2, -0.15) is 0 Å². The number of benzene rings is 2. The second kappa shape index (κ2) is 5.01. The van der Waals surface area contributed by atoms with E-state index in [0.717, 1.165) is 0 Å². The first-order valence-corrected chi connectivity index (χ1v) is 5.98. The number of aryl methyl sites for hydroxylation is 1. The molecule has 0 radical (unpaired) electrons. The molecule has 0 aromatic heterocycles. The summed E-state index contributed by atoms with van der Waals surface area (Å²) < 4.78 is 0. The van der Waals surface area contributed by atoms with Crippen LogP contribution in [0.4, 0.5) is 0 Å². The largest absolute Gasteiger partial charge is 0.0622 e. The fraction of sp³-hybridized carbons (Fsp3) is 0.176. The van der Waals surface area contributed by atoms with E-state index in [1.807, 2.05) is 6.07 Å². The Morgan fingerprint density at radius 2 is 1.41 bits per heavy atom. The molecule has 2 aromatic rings. The van der Waals surface area contributed by atoms with Gasteiger partial charge in [0.2, 0.25) is 0 Å². The van der Waals surface area contributed by atoms with Crippen LogP contribution in [0, 0.1) is 20.8 Å². The van der Waals surface area contributed by atoms with Crippen molar-refractivity contribution in [2.75, 3.05) is 0 Å². The molecule has 2 rings (SSSR count). The van der Waals surface area contributed by atoms with Gasteiger partial charge in [0.25, 0.3) is 0 Å². The minimum absolute atomic E-state index is 1.24. The van der Waals surface area contributed by atoms with Crippen molar-refractivity contribution in [2.24, 2.45) is 0 Å². The summed E-state index contributed by atoms with van der Waals surface area (Å²) in [5.74, 6) is 0. The predicted octanol–water partition coefficient (Wildman–Crippen LogP) is 4.78. The standard InChI is InChI=1S/C17H18/c1-13-9-11-17(15(3)14(13)2)12-10-16-7-5-4-6-8-16/h4-12H,1-3H3. The van der Waals surface area contributed by atoms with E-state index in [1.54, 1.807) is 0 Å². The van der Waals surface area contributed by atoms with Gasteiger partial charge in [0.1, 0.15) is 0 Å². The van der Waals surface area contributed by atoms with Gasteiger partial charge >= 0.3 is 0 Å². The van der Waals surface area contributed by atoms with Gasteiger partial charge < -0.3 is 0 Å². The Morgan fingerprint density at radius 1 is 0.706 bits per heavy atom. The molecule has 0 nitrogen and oxygen atoms in total. The van der Waals surface area contributed by atoms with Crippen molar-refractivity contribution in [3.63, 3.8) is 0 Å². The fourth-order valence-electron chi connectivity index (χ4n) is 1.91. The summed E-state index contributed by atoms with van der Waals surface area (Å²) in [5, 5.41) is 0. The lowest BCUT2D eigenvalue weighted by atomic mass is 9.98. The van der Waals surface area contributed by atoms with Crippen molar-refractivity contribution >= 4 is 12.2 Å². The summed E-state index contributed by atoms with van der Waals surface area (Å²) in [6, 6.07) is 14.8. The Morgan fingerprint density at radius 3 is 2.12 bits per heavy atom. The highest BCUT2D eigenvalue weighted by atomic mass is 14.1. The van der Waals surface area contributed by atoms with Crippen molar-refractivity contribution < 1.29 is 0 Å². The van der Waals surface area contributed by atoms with Crippen molar-refractivity contribution in [2.45, 2.75) is 20.8 Å². The average Bonchev–Trinajstić information content (AvgIpc) is 2.36. The molecule has 0 aliphatic carbocycles. The third-order valence-corrected chi connectivity index (χ3v) is 3.35. The molecule has 0 heteroatoms. The van der Waals surface area contributed by atoms with Gasteiger partial charge in [0.15, 0.2) is 0 Å². The van der Waals surface area contributed by atoms with E-state index in [0.29, 0.717) is 0 Å². The van der Waals surface area contributed by atoms with Crippen LogP contribution in [0.3, 0.4) is 0 Å². The highest BCUT2D eigenvalue weighted by Gasteiger charge is 2.00. The van der Waals surface area contributed by atoms with Crippen molar-refractivity contribution in [3.05, 3.63) is 70.3 Å². The second-order valence-corrected chi connectivity index (χ2v) is 4.47. The predicted molar refractivity (Wildman–Crippen MR) is 76.0 cm³/mol. The van der Waals surface area contributed by atoms with Gasteiger partial charge in [-0.05, 0) is 48.6 Å². The Hall–Kier alpha value is -1.82. The van der Waals surface area contributed by atoms with E-state index in [-0.39, 0.29) is 0 Å². The molecule has 0 aliphatic heterocycles. The van der Waals surface area contributed by atoms with Crippen molar-refractivity contribution in [1.82, 2.24) is 0 Å². The summed E-state index contributed by atoms with van der Waals surface area (Å²) in [4.78, 5) is 0. The summed E-state index contributed by atoms with van der Waals surface area (Å²) in [7, 11) is 0. The third-order valence-electron chi connectivity index (χ3n) is 3.35. The van der Waals surface area contributed by atoms with Crippen LogP contribution in [0.1, 0.15) is 27.8 Å². The molecule has 0 heterocycles. The van der Waals surface area contributed by atoms with Gasteiger partial charge in [0.05, 0.1) is 0 Å².